The third-order valence-corrected chi connectivity index (χ3v) is 11.6. The normalized spacial score (nSPS) is 13.7. The lowest BCUT2D eigenvalue weighted by Crippen LogP contribution is -2.09. The molecule has 12 aromatic rings. The second-order valence-electron chi connectivity index (χ2n) is 15.0. The van der Waals surface area contributed by atoms with Gasteiger partial charge in [-0.05, 0) is 118 Å². The smallest absolute Gasteiger partial charge is 0.143 e. The van der Waals surface area contributed by atoms with E-state index in [0.717, 1.165) is 82.5 Å². The zero-order chi connectivity index (χ0) is 48.1. The molecule has 0 spiro atoms. The van der Waals surface area contributed by atoms with Gasteiger partial charge in [-0.2, -0.15) is 0 Å². The van der Waals surface area contributed by atoms with Crippen LogP contribution in [0, 0.1) is 0 Å². The van der Waals surface area contributed by atoms with Crippen molar-refractivity contribution in [2.75, 3.05) is 4.90 Å². The summed E-state index contributed by atoms with van der Waals surface area (Å²) in [5.74, 6) is 0. The van der Waals surface area contributed by atoms with Gasteiger partial charge in [0.05, 0.1) is 23.4 Å². The summed E-state index contributed by atoms with van der Waals surface area (Å²) in [5.41, 5.74) is 8.67. The number of aromatic nitrogens is 1. The molecule has 2 aromatic heterocycles. The van der Waals surface area contributed by atoms with Crippen LogP contribution in [0.15, 0.2) is 235 Å². The fourth-order valence-electron chi connectivity index (χ4n) is 8.64. The maximum Gasteiger partial charge on any atom is 0.143 e. The molecule has 61 heavy (non-hydrogen) atoms. The summed E-state index contributed by atoms with van der Waals surface area (Å²) in [7, 11) is 0. The van der Waals surface area contributed by atoms with E-state index in [1.54, 1.807) is 4.90 Å². The Kier molecular flexibility index (Phi) is 6.28. The molecule has 2 heterocycles. The van der Waals surface area contributed by atoms with Crippen molar-refractivity contribution in [2.24, 2.45) is 0 Å². The molecule has 0 unspecified atom stereocenters. The number of fused-ring (bicyclic) bond motifs is 8. The average Bonchev–Trinajstić information content (AvgIpc) is 3.95. The van der Waals surface area contributed by atoms with Crippen LogP contribution in [-0.4, -0.2) is 4.57 Å². The minimum absolute atomic E-state index is 0.0732. The van der Waals surface area contributed by atoms with Crippen LogP contribution in [0.4, 0.5) is 17.1 Å². The Balaban J connectivity index is 0.977. The topological polar surface area (TPSA) is 21.3 Å². The molecule has 0 aliphatic heterocycles. The summed E-state index contributed by atoms with van der Waals surface area (Å²) >= 11 is 0. The van der Waals surface area contributed by atoms with Crippen LogP contribution in [0.25, 0.3) is 93.6 Å². The van der Waals surface area contributed by atoms with E-state index in [9.17, 15) is 5.48 Å². The van der Waals surface area contributed by atoms with Gasteiger partial charge in [0.2, 0.25) is 0 Å². The Bertz CT molecular complexity index is 4010. The van der Waals surface area contributed by atoms with E-state index in [4.69, 9.17) is 11.3 Å². The van der Waals surface area contributed by atoms with Crippen LogP contribution in [0.1, 0.15) is 12.3 Å². The van der Waals surface area contributed by atoms with Gasteiger partial charge in [-0.3, -0.25) is 0 Å². The summed E-state index contributed by atoms with van der Waals surface area (Å²) in [5, 5.41) is 6.50. The van der Waals surface area contributed by atoms with Gasteiger partial charge in [-0.25, -0.2) is 0 Å². The summed E-state index contributed by atoms with van der Waals surface area (Å²) < 4.78 is 88.3. The number of rotatable bonds is 7. The number of hydrogen-bond donors (Lipinski definition) is 0. The van der Waals surface area contributed by atoms with Gasteiger partial charge in [0.1, 0.15) is 11.2 Å². The molecule has 12 rings (SSSR count). The van der Waals surface area contributed by atoms with E-state index < -0.39 is 59.9 Å². The van der Waals surface area contributed by atoms with E-state index in [1.807, 2.05) is 91.0 Å². The highest BCUT2D eigenvalue weighted by molar-refractivity contribution is 6.15. The molecule has 0 saturated heterocycles. The Morgan fingerprint density at radius 3 is 1.64 bits per heavy atom. The van der Waals surface area contributed by atoms with Gasteiger partial charge < -0.3 is 13.9 Å². The Hall–Kier alpha value is -8.14. The molecular weight excluding hydrogens is 741 g/mol. The van der Waals surface area contributed by atoms with Crippen molar-refractivity contribution in [1.82, 2.24) is 4.57 Å². The highest BCUT2D eigenvalue weighted by Gasteiger charge is 2.17. The van der Waals surface area contributed by atoms with Gasteiger partial charge in [-0.15, -0.1) is 0 Å². The first-order chi connectivity index (χ1) is 34.0. The maximum absolute atomic E-state index is 9.48. The zero-order valence-electron chi connectivity index (χ0n) is 41.5. The molecule has 0 aliphatic carbocycles. The van der Waals surface area contributed by atoms with Crippen molar-refractivity contribution in [2.45, 2.75) is 0 Å². The minimum Gasteiger partial charge on any atom is -0.455 e. The third-order valence-electron chi connectivity index (χ3n) is 11.6. The third kappa shape index (κ3) is 5.98. The largest absolute Gasteiger partial charge is 0.455 e. The fourth-order valence-corrected chi connectivity index (χ4v) is 8.64. The summed E-state index contributed by atoms with van der Waals surface area (Å²) in [6.45, 7) is 0. The van der Waals surface area contributed by atoms with Crippen LogP contribution in [0.5, 0.6) is 0 Å². The van der Waals surface area contributed by atoms with Gasteiger partial charge in [-0.1, -0.05) is 151 Å². The van der Waals surface area contributed by atoms with Gasteiger partial charge >= 0.3 is 0 Å². The first-order valence-electron chi connectivity index (χ1n) is 24.6. The van der Waals surface area contributed by atoms with Crippen LogP contribution in [0.3, 0.4) is 0 Å². The van der Waals surface area contributed by atoms with Crippen LogP contribution in [0.2, 0.25) is 0 Å². The number of furan rings is 1. The van der Waals surface area contributed by atoms with Gasteiger partial charge in [0.15, 0.2) is 0 Å². The van der Waals surface area contributed by atoms with Gasteiger partial charge in [0.25, 0.3) is 0 Å². The van der Waals surface area contributed by atoms with E-state index in [0.29, 0.717) is 11.4 Å². The van der Waals surface area contributed by atoms with Crippen molar-refractivity contribution in [1.29, 1.82) is 0 Å². The van der Waals surface area contributed by atoms with Crippen molar-refractivity contribution < 1.29 is 16.8 Å². The SMILES string of the molecule is [2H]c1c([2H])c([2H])c(-c2c([2H])c([2H])c(N(c3ccc(-c4cccc(-n5c6ccccc6c6ccccc65)c4)cc3)c3ccc(-c4ccc5c(c4)oc4c6ccccc6ccc54)cc3)c([2H])c2[2H])c([2H])c1[2H]. The Morgan fingerprint density at radius 2 is 0.951 bits per heavy atom. The van der Waals surface area contributed by atoms with E-state index in [-0.39, 0.29) is 11.3 Å². The quantitative estimate of drug-likeness (QED) is 0.160. The maximum atomic E-state index is 9.48. The number of nitrogens with zero attached hydrogens (tertiary/aromatic N) is 2. The number of anilines is 3. The van der Waals surface area contributed by atoms with Crippen LogP contribution >= 0.6 is 0 Å². The molecule has 3 heteroatoms. The first-order valence-corrected chi connectivity index (χ1v) is 20.1. The second-order valence-corrected chi connectivity index (χ2v) is 15.0. The van der Waals surface area contributed by atoms with Crippen molar-refractivity contribution in [3.8, 4) is 39.1 Å². The zero-order valence-corrected chi connectivity index (χ0v) is 32.5. The number of benzene rings is 10. The first kappa shape index (κ1) is 26.8. The second kappa shape index (κ2) is 14.3. The van der Waals surface area contributed by atoms with Crippen LogP contribution < -0.4 is 4.90 Å². The van der Waals surface area contributed by atoms with Gasteiger partial charge in [0, 0.05) is 49.7 Å². The molecule has 0 N–H and O–H groups in total. The monoisotopic (exact) mass is 787 g/mol. The highest BCUT2D eigenvalue weighted by Crippen LogP contribution is 2.40. The number of hydrogen-bond acceptors (Lipinski definition) is 2. The predicted molar refractivity (Wildman–Crippen MR) is 257 cm³/mol. The summed E-state index contributed by atoms with van der Waals surface area (Å²) in [6.07, 6.45) is 0. The molecule has 0 bridgehead atoms. The summed E-state index contributed by atoms with van der Waals surface area (Å²) in [6, 6.07) is 53.7. The van der Waals surface area contributed by atoms with Crippen LogP contribution in [-0.2, 0) is 0 Å². The Morgan fingerprint density at radius 1 is 0.377 bits per heavy atom. The Labute approximate surface area is 366 Å². The summed E-state index contributed by atoms with van der Waals surface area (Å²) in [4.78, 5) is 1.67. The molecule has 3 nitrogen and oxygen atoms in total. The highest BCUT2D eigenvalue weighted by atomic mass is 16.3. The van der Waals surface area contributed by atoms with E-state index in [1.165, 1.54) is 0 Å². The molecule has 0 amide bonds. The fraction of sp³-hybridized carbons (Fsp3) is 0. The van der Waals surface area contributed by atoms with E-state index in [2.05, 4.69) is 89.5 Å². The van der Waals surface area contributed by atoms with Crippen molar-refractivity contribution in [3.63, 3.8) is 0 Å². The molecule has 0 atom stereocenters. The lowest BCUT2D eigenvalue weighted by molar-refractivity contribution is 0.673. The molecule has 0 radical (unpaired) electrons. The minimum atomic E-state index is -0.632. The molecule has 286 valence electrons. The predicted octanol–water partition coefficient (Wildman–Crippen LogP) is 16.3. The van der Waals surface area contributed by atoms with Crippen molar-refractivity contribution in [3.05, 3.63) is 230 Å². The lowest BCUT2D eigenvalue weighted by atomic mass is 10.0. The molecule has 0 fully saturated rings. The van der Waals surface area contributed by atoms with Crippen molar-refractivity contribution >= 4 is 71.6 Å². The molecule has 0 aliphatic rings. The number of para-hydroxylation sites is 2. The molecule has 10 aromatic carbocycles. The molecule has 0 saturated carbocycles. The standard InChI is InChI=1S/C58H38N2O/c1-2-11-39(12-3-1)40-21-29-46(30-22-40)59(48-33-25-42(26-34-48)45-28-35-53-54-36-27-43-13-4-5-16-50(43)58(54)61-57(53)38-45)47-31-23-41(24-32-47)44-14-10-15-49(37-44)60-55-19-8-6-17-51(55)52-18-7-9-20-56(52)60/h1-38H/i1D,2D,3D,11D,12D,21D,22D,29D,30D. The lowest BCUT2D eigenvalue weighted by Gasteiger charge is -2.26. The van der Waals surface area contributed by atoms with E-state index >= 15 is 0 Å². The average molecular weight is 788 g/mol. The molecular formula is C58H38N2O.